The molecule has 0 amide bonds. The molecule has 0 aliphatic heterocycles. The van der Waals surface area contributed by atoms with Crippen LogP contribution in [0.25, 0.3) is 6.08 Å². The van der Waals surface area contributed by atoms with Gasteiger partial charge in [-0.3, -0.25) is 0 Å². The zero-order valence-electron chi connectivity index (χ0n) is 9.48. The van der Waals surface area contributed by atoms with Gasteiger partial charge in [-0.25, -0.2) is 4.79 Å². The molecule has 0 aliphatic rings. The molecule has 0 saturated heterocycles. The Hall–Kier alpha value is -2.19. The number of rotatable bonds is 4. The van der Waals surface area contributed by atoms with E-state index in [0.29, 0.717) is 12.2 Å². The first kappa shape index (κ1) is 13.9. The summed E-state index contributed by atoms with van der Waals surface area (Å²) < 4.78 is 5.14. The number of hydrogen-bond donors (Lipinski definition) is 2. The van der Waals surface area contributed by atoms with E-state index in [1.165, 1.54) is 12.1 Å². The predicted molar refractivity (Wildman–Crippen MR) is 65.5 cm³/mol. The molecule has 18 heavy (non-hydrogen) atoms. The third kappa shape index (κ3) is 3.15. The number of carbonyl (C=O) groups is 1. The maximum absolute atomic E-state index is 10.7. The van der Waals surface area contributed by atoms with Crippen LogP contribution < -0.4 is 4.74 Å². The Balaban J connectivity index is 3.27. The third-order valence-electron chi connectivity index (χ3n) is 2.01. The van der Waals surface area contributed by atoms with E-state index >= 15 is 0 Å². The summed E-state index contributed by atoms with van der Waals surface area (Å²) >= 11 is 5.77. The summed E-state index contributed by atoms with van der Waals surface area (Å²) in [6.07, 6.45) is 1.15. The Labute approximate surface area is 108 Å². The van der Waals surface area contributed by atoms with Crippen molar-refractivity contribution in [2.24, 2.45) is 0 Å². The van der Waals surface area contributed by atoms with Crippen molar-refractivity contribution in [1.29, 1.82) is 5.26 Å². The van der Waals surface area contributed by atoms with E-state index < -0.39 is 11.5 Å². The van der Waals surface area contributed by atoms with Gasteiger partial charge in [-0.1, -0.05) is 11.6 Å². The highest BCUT2D eigenvalue weighted by atomic mass is 35.5. The van der Waals surface area contributed by atoms with E-state index in [1.54, 1.807) is 13.0 Å². The number of phenols is 1. The number of aliphatic carboxylic acids is 1. The summed E-state index contributed by atoms with van der Waals surface area (Å²) in [4.78, 5) is 10.7. The molecule has 0 aromatic heterocycles. The average Bonchev–Trinajstić information content (AvgIpc) is 2.32. The lowest BCUT2D eigenvalue weighted by Gasteiger charge is -2.08. The van der Waals surface area contributed by atoms with E-state index in [-0.39, 0.29) is 16.5 Å². The van der Waals surface area contributed by atoms with Gasteiger partial charge in [0.15, 0.2) is 11.5 Å². The second-order valence-electron chi connectivity index (χ2n) is 3.26. The average molecular weight is 268 g/mol. The normalized spacial score (nSPS) is 10.8. The van der Waals surface area contributed by atoms with Crippen molar-refractivity contribution in [1.82, 2.24) is 0 Å². The Morgan fingerprint density at radius 1 is 1.61 bits per heavy atom. The smallest absolute Gasteiger partial charge is 0.346 e. The Morgan fingerprint density at radius 2 is 2.28 bits per heavy atom. The molecule has 0 unspecified atom stereocenters. The first-order chi connectivity index (χ1) is 8.49. The Morgan fingerprint density at radius 3 is 2.78 bits per heavy atom. The van der Waals surface area contributed by atoms with Gasteiger partial charge in [0.05, 0.1) is 11.6 Å². The van der Waals surface area contributed by atoms with Crippen molar-refractivity contribution in [2.75, 3.05) is 6.61 Å². The number of benzene rings is 1. The standard InChI is InChI=1S/C12H10ClNO4/c1-2-18-10-5-7(4-9(13)11(10)15)3-8(6-14)12(16)17/h3-5,15H,2H2,1H3,(H,16,17)/b8-3-. The summed E-state index contributed by atoms with van der Waals surface area (Å²) in [5, 5.41) is 27.0. The minimum Gasteiger partial charge on any atom is -0.503 e. The van der Waals surface area contributed by atoms with Crippen LogP contribution in [0.15, 0.2) is 17.7 Å². The number of ether oxygens (including phenoxy) is 1. The maximum atomic E-state index is 10.7. The summed E-state index contributed by atoms with van der Waals surface area (Å²) in [7, 11) is 0. The van der Waals surface area contributed by atoms with Crippen molar-refractivity contribution in [3.63, 3.8) is 0 Å². The predicted octanol–water partition coefficient (Wildman–Crippen LogP) is 2.44. The molecule has 0 bridgehead atoms. The number of phenolic OH excluding ortho intramolecular Hbond substituents is 1. The molecule has 2 N–H and O–H groups in total. The fourth-order valence-corrected chi connectivity index (χ4v) is 1.47. The van der Waals surface area contributed by atoms with Crippen LogP contribution in [0.2, 0.25) is 5.02 Å². The van der Waals surface area contributed by atoms with Gasteiger partial charge in [0.25, 0.3) is 0 Å². The van der Waals surface area contributed by atoms with E-state index in [2.05, 4.69) is 0 Å². The fraction of sp³-hybridized carbons (Fsp3) is 0.167. The SMILES string of the molecule is CCOc1cc(/C=C(/C#N)C(=O)O)cc(Cl)c1O. The number of aromatic hydroxyl groups is 1. The third-order valence-corrected chi connectivity index (χ3v) is 2.30. The molecule has 0 aliphatic carbocycles. The van der Waals surface area contributed by atoms with Crippen LogP contribution >= 0.6 is 11.6 Å². The largest absolute Gasteiger partial charge is 0.503 e. The van der Waals surface area contributed by atoms with Crippen LogP contribution in [-0.2, 0) is 4.79 Å². The quantitative estimate of drug-likeness (QED) is 0.646. The zero-order chi connectivity index (χ0) is 13.7. The molecule has 1 aromatic carbocycles. The van der Waals surface area contributed by atoms with Crippen molar-refractivity contribution >= 4 is 23.6 Å². The second-order valence-corrected chi connectivity index (χ2v) is 3.66. The monoisotopic (exact) mass is 267 g/mol. The van der Waals surface area contributed by atoms with E-state index in [9.17, 15) is 9.90 Å². The lowest BCUT2D eigenvalue weighted by molar-refractivity contribution is -0.132. The van der Waals surface area contributed by atoms with Gasteiger partial charge in [-0.15, -0.1) is 0 Å². The molecule has 1 rings (SSSR count). The summed E-state index contributed by atoms with van der Waals surface area (Å²) in [6, 6.07) is 4.31. The van der Waals surface area contributed by atoms with Crippen molar-refractivity contribution in [3.05, 3.63) is 28.3 Å². The second kappa shape index (κ2) is 5.94. The molecular formula is C12H10ClNO4. The summed E-state index contributed by atoms with van der Waals surface area (Å²) in [5.74, 6) is -1.41. The van der Waals surface area contributed by atoms with Crippen LogP contribution in [0.3, 0.4) is 0 Å². The minimum atomic E-state index is -1.33. The lowest BCUT2D eigenvalue weighted by atomic mass is 10.1. The van der Waals surface area contributed by atoms with Gasteiger partial charge in [0.1, 0.15) is 11.6 Å². The molecule has 0 atom stereocenters. The molecular weight excluding hydrogens is 258 g/mol. The minimum absolute atomic E-state index is 0.0230. The van der Waals surface area contributed by atoms with Gasteiger partial charge in [0.2, 0.25) is 0 Å². The number of nitriles is 1. The molecule has 0 radical (unpaired) electrons. The number of halogens is 1. The zero-order valence-corrected chi connectivity index (χ0v) is 10.2. The molecule has 1 aromatic rings. The van der Waals surface area contributed by atoms with Gasteiger partial charge < -0.3 is 14.9 Å². The number of nitrogens with zero attached hydrogens (tertiary/aromatic N) is 1. The van der Waals surface area contributed by atoms with Crippen LogP contribution in [0.1, 0.15) is 12.5 Å². The Bertz CT molecular complexity index is 546. The number of carboxylic acids is 1. The fourth-order valence-electron chi connectivity index (χ4n) is 1.25. The molecule has 5 nitrogen and oxygen atoms in total. The van der Waals surface area contributed by atoms with Crippen LogP contribution in [0.4, 0.5) is 0 Å². The van der Waals surface area contributed by atoms with Crippen LogP contribution in [0.5, 0.6) is 11.5 Å². The highest BCUT2D eigenvalue weighted by Crippen LogP contribution is 2.35. The van der Waals surface area contributed by atoms with Crippen molar-refractivity contribution < 1.29 is 19.7 Å². The van der Waals surface area contributed by atoms with Gasteiger partial charge in [-0.2, -0.15) is 5.26 Å². The number of carboxylic acid groups (broad SMARTS) is 1. The summed E-state index contributed by atoms with van der Waals surface area (Å²) in [6.45, 7) is 2.05. The van der Waals surface area contributed by atoms with Gasteiger partial charge in [0, 0.05) is 0 Å². The van der Waals surface area contributed by atoms with Gasteiger partial charge in [-0.05, 0) is 30.7 Å². The van der Waals surface area contributed by atoms with E-state index in [1.807, 2.05) is 0 Å². The van der Waals surface area contributed by atoms with E-state index in [0.717, 1.165) is 6.08 Å². The van der Waals surface area contributed by atoms with Crippen LogP contribution in [0, 0.1) is 11.3 Å². The molecule has 94 valence electrons. The highest BCUT2D eigenvalue weighted by molar-refractivity contribution is 6.32. The molecule has 0 saturated carbocycles. The van der Waals surface area contributed by atoms with Gasteiger partial charge >= 0.3 is 5.97 Å². The van der Waals surface area contributed by atoms with Crippen molar-refractivity contribution in [2.45, 2.75) is 6.92 Å². The Kier molecular flexibility index (Phi) is 4.58. The summed E-state index contributed by atoms with van der Waals surface area (Å²) in [5.41, 5.74) is -0.0700. The number of hydrogen-bond acceptors (Lipinski definition) is 4. The lowest BCUT2D eigenvalue weighted by Crippen LogP contribution is -1.98. The van der Waals surface area contributed by atoms with Crippen LogP contribution in [-0.4, -0.2) is 22.8 Å². The molecule has 6 heteroatoms. The first-order valence-electron chi connectivity index (χ1n) is 5.00. The van der Waals surface area contributed by atoms with E-state index in [4.69, 9.17) is 26.7 Å². The highest BCUT2D eigenvalue weighted by Gasteiger charge is 2.11. The van der Waals surface area contributed by atoms with Crippen molar-refractivity contribution in [3.8, 4) is 17.6 Å². The first-order valence-corrected chi connectivity index (χ1v) is 5.37. The molecule has 0 spiro atoms. The molecule has 0 heterocycles. The molecule has 0 fully saturated rings. The maximum Gasteiger partial charge on any atom is 0.346 e. The topological polar surface area (TPSA) is 90.5 Å².